The molecule has 0 radical (unpaired) electrons. The smallest absolute Gasteiger partial charge is 0.326 e. The second kappa shape index (κ2) is 9.17. The maximum atomic E-state index is 12.1. The van der Waals surface area contributed by atoms with Crippen LogP contribution in [0.4, 0.5) is 5.69 Å². The summed E-state index contributed by atoms with van der Waals surface area (Å²) in [7, 11) is 3.00. The number of anilines is 1. The number of carboxylic acids is 1. The lowest BCUT2D eigenvalue weighted by Crippen LogP contribution is -2.44. The number of nitrogens with one attached hydrogen (secondary N) is 2. The lowest BCUT2D eigenvalue weighted by atomic mass is 10.0. The molecule has 1 amide bonds. The van der Waals surface area contributed by atoms with E-state index in [1.54, 1.807) is 38.1 Å². The lowest BCUT2D eigenvalue weighted by Gasteiger charge is -2.17. The van der Waals surface area contributed by atoms with Crippen LogP contribution in [0.2, 0.25) is 0 Å². The highest BCUT2D eigenvalue weighted by atomic mass is 16.5. The molecule has 0 aliphatic carbocycles. The lowest BCUT2D eigenvalue weighted by molar-refractivity contribution is -0.142. The molecule has 1 aromatic rings. The Morgan fingerprint density at radius 3 is 2.36 bits per heavy atom. The normalized spacial score (nSPS) is 12.1. The molecule has 0 spiro atoms. The molecule has 0 heterocycles. The molecule has 1 unspecified atom stereocenters. The van der Waals surface area contributed by atoms with E-state index in [1.165, 1.54) is 20.4 Å². The van der Waals surface area contributed by atoms with Gasteiger partial charge in [-0.3, -0.25) is 4.79 Å². The summed E-state index contributed by atoms with van der Waals surface area (Å²) in [4.78, 5) is 23.2. The summed E-state index contributed by atoms with van der Waals surface area (Å²) in [5.74, 6) is -1.23. The number of hydrogen-bond donors (Lipinski definition) is 3. The Morgan fingerprint density at radius 1 is 1.24 bits per heavy atom. The van der Waals surface area contributed by atoms with Crippen LogP contribution in [0.1, 0.15) is 13.8 Å². The van der Waals surface area contributed by atoms with Crippen molar-refractivity contribution in [3.63, 3.8) is 0 Å². The Kier molecular flexibility index (Phi) is 7.28. The molecule has 1 atom stereocenters. The average molecular weight is 347 g/mol. The molecule has 0 aliphatic rings. The Hall–Kier alpha value is -3.21. The van der Waals surface area contributed by atoms with Crippen molar-refractivity contribution in [3.8, 4) is 17.6 Å². The number of hydrogen-bond acceptors (Lipinski definition) is 6. The van der Waals surface area contributed by atoms with E-state index in [-0.39, 0.29) is 11.5 Å². The van der Waals surface area contributed by atoms with Gasteiger partial charge in [-0.15, -0.1) is 0 Å². The topological polar surface area (TPSA) is 121 Å². The van der Waals surface area contributed by atoms with E-state index in [9.17, 15) is 9.59 Å². The number of carbonyl (C=O) groups is 2. The molecule has 1 rings (SSSR count). The van der Waals surface area contributed by atoms with Crippen molar-refractivity contribution in [2.24, 2.45) is 5.92 Å². The number of nitriles is 1. The van der Waals surface area contributed by atoms with Crippen LogP contribution in [0.5, 0.6) is 11.5 Å². The second-order valence-electron chi connectivity index (χ2n) is 5.42. The average Bonchev–Trinajstić information content (AvgIpc) is 2.59. The predicted octanol–water partition coefficient (Wildman–Crippen LogP) is 1.75. The number of ether oxygens (including phenoxy) is 2. The highest BCUT2D eigenvalue weighted by Crippen LogP contribution is 2.29. The van der Waals surface area contributed by atoms with E-state index in [0.29, 0.717) is 17.2 Å². The number of carbonyl (C=O) groups excluding carboxylic acids is 1. The molecule has 0 saturated carbocycles. The van der Waals surface area contributed by atoms with E-state index in [4.69, 9.17) is 19.8 Å². The zero-order valence-electron chi connectivity index (χ0n) is 14.5. The quantitative estimate of drug-likeness (QED) is 0.484. The van der Waals surface area contributed by atoms with Crippen LogP contribution in [0.15, 0.2) is 30.0 Å². The van der Waals surface area contributed by atoms with Crippen molar-refractivity contribution in [1.29, 1.82) is 5.26 Å². The van der Waals surface area contributed by atoms with Crippen LogP contribution in [0.25, 0.3) is 0 Å². The van der Waals surface area contributed by atoms with Crippen LogP contribution >= 0.6 is 0 Å². The zero-order chi connectivity index (χ0) is 19.0. The molecular weight excluding hydrogens is 326 g/mol. The minimum absolute atomic E-state index is 0.248. The fourth-order valence-corrected chi connectivity index (χ4v) is 1.96. The van der Waals surface area contributed by atoms with Crippen molar-refractivity contribution in [3.05, 3.63) is 30.0 Å². The van der Waals surface area contributed by atoms with E-state index in [0.717, 1.165) is 0 Å². The van der Waals surface area contributed by atoms with Crippen LogP contribution in [-0.4, -0.2) is 37.2 Å². The van der Waals surface area contributed by atoms with Gasteiger partial charge < -0.3 is 25.2 Å². The summed E-state index contributed by atoms with van der Waals surface area (Å²) in [6.45, 7) is 3.33. The van der Waals surface area contributed by atoms with Crippen molar-refractivity contribution in [2.45, 2.75) is 19.9 Å². The Bertz CT molecular complexity index is 707. The van der Waals surface area contributed by atoms with Gasteiger partial charge in [-0.2, -0.15) is 5.26 Å². The number of rotatable bonds is 8. The number of amides is 1. The van der Waals surface area contributed by atoms with Gasteiger partial charge >= 0.3 is 5.97 Å². The highest BCUT2D eigenvalue weighted by molar-refractivity contribution is 5.99. The first-order valence-electron chi connectivity index (χ1n) is 7.46. The third-order valence-electron chi connectivity index (χ3n) is 3.35. The first kappa shape index (κ1) is 19.8. The zero-order valence-corrected chi connectivity index (χ0v) is 14.5. The van der Waals surface area contributed by atoms with Gasteiger partial charge in [0, 0.05) is 18.0 Å². The largest absolute Gasteiger partial charge is 0.493 e. The number of benzene rings is 1. The van der Waals surface area contributed by atoms with Crippen molar-refractivity contribution in [2.75, 3.05) is 19.5 Å². The summed E-state index contributed by atoms with van der Waals surface area (Å²) in [6.07, 6.45) is 1.20. The molecule has 0 aliphatic heterocycles. The molecule has 3 N–H and O–H groups in total. The molecule has 0 bridgehead atoms. The van der Waals surface area contributed by atoms with Gasteiger partial charge in [0.2, 0.25) is 0 Å². The molecule has 1 aromatic carbocycles. The van der Waals surface area contributed by atoms with E-state index in [2.05, 4.69) is 10.6 Å². The fraction of sp³-hybridized carbons (Fsp3) is 0.353. The summed E-state index contributed by atoms with van der Waals surface area (Å²) < 4.78 is 10.3. The first-order valence-corrected chi connectivity index (χ1v) is 7.46. The number of methoxy groups -OCH3 is 2. The maximum Gasteiger partial charge on any atom is 0.326 e. The fourth-order valence-electron chi connectivity index (χ4n) is 1.96. The maximum absolute atomic E-state index is 12.1. The Labute approximate surface area is 146 Å². The number of aliphatic carboxylic acids is 1. The minimum atomic E-state index is -1.16. The predicted molar refractivity (Wildman–Crippen MR) is 91.3 cm³/mol. The van der Waals surface area contributed by atoms with Crippen LogP contribution in [0, 0.1) is 17.2 Å². The molecule has 25 heavy (non-hydrogen) atoms. The van der Waals surface area contributed by atoms with Crippen molar-refractivity contribution < 1.29 is 24.2 Å². The summed E-state index contributed by atoms with van der Waals surface area (Å²) in [5, 5.41) is 23.4. The first-order chi connectivity index (χ1) is 11.8. The van der Waals surface area contributed by atoms with Gasteiger partial charge in [-0.05, 0) is 18.1 Å². The molecule has 134 valence electrons. The van der Waals surface area contributed by atoms with Crippen molar-refractivity contribution >= 4 is 17.6 Å². The third-order valence-corrected chi connectivity index (χ3v) is 3.35. The molecule has 0 aromatic heterocycles. The third kappa shape index (κ3) is 5.42. The van der Waals surface area contributed by atoms with Gasteiger partial charge in [0.05, 0.1) is 14.2 Å². The number of carboxylic acid groups (broad SMARTS) is 1. The number of nitrogens with zero attached hydrogens (tertiary/aromatic N) is 1. The van der Waals surface area contributed by atoms with Crippen LogP contribution in [0.3, 0.4) is 0 Å². The standard InChI is InChI=1S/C17H21N3O5/c1-10(2)15(17(22)23)20-16(21)11(8-18)9-19-12-5-6-13(24-3)14(7-12)25-4/h5-7,9-10,15,19H,1-4H3,(H,20,21)(H,22,23)/b11-9-. The van der Waals surface area contributed by atoms with E-state index in [1.807, 2.05) is 0 Å². The van der Waals surface area contributed by atoms with E-state index >= 15 is 0 Å². The van der Waals surface area contributed by atoms with Gasteiger partial charge in [-0.25, -0.2) is 4.79 Å². The molecule has 8 nitrogen and oxygen atoms in total. The van der Waals surface area contributed by atoms with Gasteiger partial charge in [0.15, 0.2) is 11.5 Å². The summed E-state index contributed by atoms with van der Waals surface area (Å²) in [5.41, 5.74) is 0.318. The molecule has 8 heteroatoms. The second-order valence-corrected chi connectivity index (χ2v) is 5.42. The van der Waals surface area contributed by atoms with E-state index < -0.39 is 17.9 Å². The molecular formula is C17H21N3O5. The Morgan fingerprint density at radius 2 is 1.88 bits per heavy atom. The minimum Gasteiger partial charge on any atom is -0.493 e. The van der Waals surface area contributed by atoms with Gasteiger partial charge in [-0.1, -0.05) is 13.8 Å². The molecule has 0 fully saturated rings. The highest BCUT2D eigenvalue weighted by Gasteiger charge is 2.24. The van der Waals surface area contributed by atoms with Crippen molar-refractivity contribution in [1.82, 2.24) is 5.32 Å². The summed E-state index contributed by atoms with van der Waals surface area (Å²) in [6, 6.07) is 5.65. The molecule has 0 saturated heterocycles. The van der Waals surface area contributed by atoms with Gasteiger partial charge in [0.25, 0.3) is 5.91 Å². The van der Waals surface area contributed by atoms with Crippen LogP contribution < -0.4 is 20.1 Å². The summed E-state index contributed by atoms with van der Waals surface area (Å²) >= 11 is 0. The monoisotopic (exact) mass is 347 g/mol. The Balaban J connectivity index is 2.91. The van der Waals surface area contributed by atoms with Crippen LogP contribution in [-0.2, 0) is 9.59 Å². The SMILES string of the molecule is COc1ccc(N/C=C(/C#N)C(=O)NC(C(=O)O)C(C)C)cc1OC. The van der Waals surface area contributed by atoms with Gasteiger partial charge in [0.1, 0.15) is 17.7 Å².